The van der Waals surface area contributed by atoms with Gasteiger partial charge in [-0.3, -0.25) is 0 Å². The number of hydrogen-bond donors (Lipinski definition) is 1. The molecule has 1 atom stereocenters. The normalized spacial score (nSPS) is 20.9. The summed E-state index contributed by atoms with van der Waals surface area (Å²) in [6.45, 7) is 12.8. The molecule has 0 aromatic heterocycles. The number of sulfonamides is 1. The Bertz CT molecular complexity index is 349. The molecule has 0 aromatic rings. The van der Waals surface area contributed by atoms with Crippen molar-refractivity contribution >= 4 is 10.0 Å². The Balaban J connectivity index is 2.21. The Morgan fingerprint density at radius 3 is 2.11 bits per heavy atom. The molecule has 1 fully saturated rings. The average Bonchev–Trinajstić information content (AvgIpc) is 2.27. The maximum atomic E-state index is 11.4. The van der Waals surface area contributed by atoms with Crippen molar-refractivity contribution in [2.75, 3.05) is 52.1 Å². The van der Waals surface area contributed by atoms with Gasteiger partial charge in [0.25, 0.3) is 0 Å². The minimum atomic E-state index is -3.01. The zero-order valence-corrected chi connectivity index (χ0v) is 13.5. The molecular formula is C13H29N3O2S. The average molecular weight is 291 g/mol. The Labute approximate surface area is 118 Å². The Morgan fingerprint density at radius 2 is 1.63 bits per heavy atom. The lowest BCUT2D eigenvalue weighted by atomic mass is 10.1. The van der Waals surface area contributed by atoms with E-state index in [4.69, 9.17) is 0 Å². The summed E-state index contributed by atoms with van der Waals surface area (Å²) in [6.07, 6.45) is 1.29. The number of rotatable bonds is 7. The molecule has 0 amide bonds. The zero-order chi connectivity index (χ0) is 14.5. The van der Waals surface area contributed by atoms with Gasteiger partial charge >= 0.3 is 0 Å². The fourth-order valence-corrected chi connectivity index (χ4v) is 3.19. The maximum Gasteiger partial charge on any atom is 0.211 e. The smallest absolute Gasteiger partial charge is 0.211 e. The van der Waals surface area contributed by atoms with E-state index < -0.39 is 10.0 Å². The molecule has 0 aliphatic carbocycles. The van der Waals surface area contributed by atoms with Gasteiger partial charge in [-0.15, -0.1) is 0 Å². The van der Waals surface area contributed by atoms with Crippen LogP contribution in [0.25, 0.3) is 0 Å². The summed E-state index contributed by atoms with van der Waals surface area (Å²) < 4.78 is 24.4. The SMILES string of the molecule is CC(C)CNCC(C)CN1CCN(S(C)(=O)=O)CC1. The Morgan fingerprint density at radius 1 is 1.05 bits per heavy atom. The highest BCUT2D eigenvalue weighted by Gasteiger charge is 2.23. The van der Waals surface area contributed by atoms with Gasteiger partial charge < -0.3 is 10.2 Å². The van der Waals surface area contributed by atoms with Gasteiger partial charge in [-0.1, -0.05) is 20.8 Å². The second-order valence-corrected chi connectivity index (χ2v) is 8.10. The van der Waals surface area contributed by atoms with Crippen molar-refractivity contribution in [3.8, 4) is 0 Å². The van der Waals surface area contributed by atoms with Gasteiger partial charge in [0.05, 0.1) is 6.26 Å². The molecule has 0 spiro atoms. The van der Waals surface area contributed by atoms with Gasteiger partial charge in [0, 0.05) is 32.7 Å². The second-order valence-electron chi connectivity index (χ2n) is 6.12. The topological polar surface area (TPSA) is 52.6 Å². The van der Waals surface area contributed by atoms with Crippen LogP contribution < -0.4 is 5.32 Å². The van der Waals surface area contributed by atoms with Crippen molar-refractivity contribution in [2.45, 2.75) is 20.8 Å². The quantitative estimate of drug-likeness (QED) is 0.740. The first-order valence-electron chi connectivity index (χ1n) is 7.17. The van der Waals surface area contributed by atoms with Gasteiger partial charge in [0.15, 0.2) is 0 Å². The molecule has 1 rings (SSSR count). The molecule has 0 saturated carbocycles. The molecule has 1 unspecified atom stereocenters. The first kappa shape index (κ1) is 16.9. The minimum absolute atomic E-state index is 0.600. The van der Waals surface area contributed by atoms with Crippen LogP contribution in [0.3, 0.4) is 0 Å². The van der Waals surface area contributed by atoms with Crippen molar-refractivity contribution in [1.29, 1.82) is 0 Å². The molecule has 1 aliphatic rings. The first-order chi connectivity index (χ1) is 8.79. The predicted molar refractivity (Wildman–Crippen MR) is 79.7 cm³/mol. The lowest BCUT2D eigenvalue weighted by Crippen LogP contribution is -2.49. The molecule has 0 aromatic carbocycles. The standard InChI is InChI=1S/C13H29N3O2S/c1-12(2)9-14-10-13(3)11-15-5-7-16(8-6-15)19(4,17)18/h12-14H,5-11H2,1-4H3. The van der Waals surface area contributed by atoms with Crippen molar-refractivity contribution in [3.63, 3.8) is 0 Å². The zero-order valence-electron chi connectivity index (χ0n) is 12.7. The van der Waals surface area contributed by atoms with Crippen LogP contribution in [0.15, 0.2) is 0 Å². The molecule has 1 N–H and O–H groups in total. The van der Waals surface area contributed by atoms with Crippen LogP contribution in [0.2, 0.25) is 0 Å². The number of nitrogens with zero attached hydrogens (tertiary/aromatic N) is 2. The van der Waals surface area contributed by atoms with E-state index in [2.05, 4.69) is 31.0 Å². The maximum absolute atomic E-state index is 11.4. The number of nitrogens with one attached hydrogen (secondary N) is 1. The minimum Gasteiger partial charge on any atom is -0.316 e. The summed E-state index contributed by atoms with van der Waals surface area (Å²) in [4.78, 5) is 2.36. The van der Waals surface area contributed by atoms with Crippen LogP contribution in [-0.4, -0.2) is 69.7 Å². The first-order valence-corrected chi connectivity index (χ1v) is 9.02. The number of piperazine rings is 1. The molecule has 1 aliphatic heterocycles. The van der Waals surface area contributed by atoms with E-state index in [9.17, 15) is 8.42 Å². The van der Waals surface area contributed by atoms with E-state index in [1.165, 1.54) is 6.26 Å². The van der Waals surface area contributed by atoms with Crippen molar-refractivity contribution < 1.29 is 8.42 Å². The monoisotopic (exact) mass is 291 g/mol. The second kappa shape index (κ2) is 7.57. The van der Waals surface area contributed by atoms with Gasteiger partial charge in [0.2, 0.25) is 10.0 Å². The molecular weight excluding hydrogens is 262 g/mol. The summed E-state index contributed by atoms with van der Waals surface area (Å²) in [5.41, 5.74) is 0. The molecule has 114 valence electrons. The summed E-state index contributed by atoms with van der Waals surface area (Å²) in [6, 6.07) is 0. The van der Waals surface area contributed by atoms with Gasteiger partial charge in [-0.05, 0) is 24.9 Å². The molecule has 1 heterocycles. The van der Waals surface area contributed by atoms with Crippen LogP contribution >= 0.6 is 0 Å². The number of hydrogen-bond acceptors (Lipinski definition) is 4. The van der Waals surface area contributed by atoms with Gasteiger partial charge in [-0.2, -0.15) is 4.31 Å². The third-order valence-electron chi connectivity index (χ3n) is 3.42. The van der Waals surface area contributed by atoms with Gasteiger partial charge in [-0.25, -0.2) is 8.42 Å². The van der Waals surface area contributed by atoms with E-state index in [-0.39, 0.29) is 0 Å². The van der Waals surface area contributed by atoms with Crippen molar-refractivity contribution in [2.24, 2.45) is 11.8 Å². The van der Waals surface area contributed by atoms with E-state index in [0.29, 0.717) is 24.9 Å². The predicted octanol–water partition coefficient (Wildman–Crippen LogP) is 0.445. The van der Waals surface area contributed by atoms with Crippen LogP contribution in [0.4, 0.5) is 0 Å². The van der Waals surface area contributed by atoms with Crippen molar-refractivity contribution in [1.82, 2.24) is 14.5 Å². The lowest BCUT2D eigenvalue weighted by Gasteiger charge is -2.34. The highest BCUT2D eigenvalue weighted by atomic mass is 32.2. The molecule has 6 heteroatoms. The highest BCUT2D eigenvalue weighted by molar-refractivity contribution is 7.88. The van der Waals surface area contributed by atoms with E-state index >= 15 is 0 Å². The summed E-state index contributed by atoms with van der Waals surface area (Å²) in [5, 5.41) is 3.47. The Kier molecular flexibility index (Phi) is 6.73. The van der Waals surface area contributed by atoms with Crippen molar-refractivity contribution in [3.05, 3.63) is 0 Å². The third-order valence-corrected chi connectivity index (χ3v) is 4.72. The summed E-state index contributed by atoms with van der Waals surface area (Å²) in [5.74, 6) is 1.29. The van der Waals surface area contributed by atoms with Crippen LogP contribution in [0.5, 0.6) is 0 Å². The van der Waals surface area contributed by atoms with E-state index in [1.807, 2.05) is 0 Å². The molecule has 1 saturated heterocycles. The fraction of sp³-hybridized carbons (Fsp3) is 1.00. The molecule has 0 radical (unpaired) electrons. The largest absolute Gasteiger partial charge is 0.316 e. The van der Waals surface area contributed by atoms with E-state index in [0.717, 1.165) is 32.7 Å². The lowest BCUT2D eigenvalue weighted by molar-refractivity contribution is 0.167. The summed E-state index contributed by atoms with van der Waals surface area (Å²) in [7, 11) is -3.01. The van der Waals surface area contributed by atoms with E-state index in [1.54, 1.807) is 4.31 Å². The van der Waals surface area contributed by atoms with Crippen LogP contribution in [-0.2, 0) is 10.0 Å². The summed E-state index contributed by atoms with van der Waals surface area (Å²) >= 11 is 0. The fourth-order valence-electron chi connectivity index (χ4n) is 2.37. The molecule has 5 nitrogen and oxygen atoms in total. The molecule has 0 bridgehead atoms. The Hall–Kier alpha value is -0.170. The third kappa shape index (κ3) is 6.70. The molecule has 19 heavy (non-hydrogen) atoms. The van der Waals surface area contributed by atoms with Gasteiger partial charge in [0.1, 0.15) is 0 Å². The highest BCUT2D eigenvalue weighted by Crippen LogP contribution is 2.08. The van der Waals surface area contributed by atoms with Crippen LogP contribution in [0.1, 0.15) is 20.8 Å². The van der Waals surface area contributed by atoms with Crippen LogP contribution in [0, 0.1) is 11.8 Å².